The first-order valence-electron chi connectivity index (χ1n) is 7.99. The molecule has 0 bridgehead atoms. The summed E-state index contributed by atoms with van der Waals surface area (Å²) in [6.45, 7) is 3.63. The number of rotatable bonds is 5. The van der Waals surface area contributed by atoms with Gasteiger partial charge < -0.3 is 10.1 Å². The van der Waals surface area contributed by atoms with Crippen molar-refractivity contribution in [3.63, 3.8) is 0 Å². The number of morpholine rings is 1. The zero-order valence-electron chi connectivity index (χ0n) is 13.3. The van der Waals surface area contributed by atoms with Crippen LogP contribution in [0.25, 0.3) is 0 Å². The second kappa shape index (κ2) is 8.24. The summed E-state index contributed by atoms with van der Waals surface area (Å²) in [7, 11) is 0. The molecule has 126 valence electrons. The monoisotopic (exact) mass is 345 g/mol. The quantitative estimate of drug-likeness (QED) is 0.904. The molecule has 1 atom stereocenters. The number of amides is 1. The van der Waals surface area contributed by atoms with E-state index in [9.17, 15) is 4.79 Å². The van der Waals surface area contributed by atoms with Crippen molar-refractivity contribution in [1.82, 2.24) is 15.2 Å². The third-order valence-corrected chi connectivity index (χ3v) is 4.37. The highest BCUT2D eigenvalue weighted by Gasteiger charge is 2.23. The summed E-state index contributed by atoms with van der Waals surface area (Å²) >= 11 is 6.00. The summed E-state index contributed by atoms with van der Waals surface area (Å²) in [5.41, 5.74) is 1.70. The van der Waals surface area contributed by atoms with E-state index in [1.807, 2.05) is 24.3 Å². The predicted octanol–water partition coefficient (Wildman–Crippen LogP) is 2.54. The highest BCUT2D eigenvalue weighted by Crippen LogP contribution is 2.23. The van der Waals surface area contributed by atoms with E-state index in [1.54, 1.807) is 24.5 Å². The summed E-state index contributed by atoms with van der Waals surface area (Å²) in [5, 5.41) is 3.72. The number of benzene rings is 1. The molecule has 0 saturated carbocycles. The Hall–Kier alpha value is -1.95. The Kier molecular flexibility index (Phi) is 5.80. The molecule has 2 aromatic rings. The van der Waals surface area contributed by atoms with Crippen LogP contribution in [0.2, 0.25) is 5.02 Å². The van der Waals surface area contributed by atoms with Crippen LogP contribution < -0.4 is 5.32 Å². The van der Waals surface area contributed by atoms with Crippen LogP contribution in [0.1, 0.15) is 22.0 Å². The number of pyridine rings is 1. The molecular formula is C18H20ClN3O2. The van der Waals surface area contributed by atoms with Gasteiger partial charge in [0.2, 0.25) is 0 Å². The Balaban J connectivity index is 1.72. The van der Waals surface area contributed by atoms with Crippen molar-refractivity contribution in [2.45, 2.75) is 6.04 Å². The fourth-order valence-corrected chi connectivity index (χ4v) is 2.95. The van der Waals surface area contributed by atoms with E-state index in [1.165, 1.54) is 0 Å². The largest absolute Gasteiger partial charge is 0.379 e. The average molecular weight is 346 g/mol. The van der Waals surface area contributed by atoms with Gasteiger partial charge in [0.25, 0.3) is 5.91 Å². The smallest absolute Gasteiger partial charge is 0.252 e. The molecule has 0 aliphatic carbocycles. The summed E-state index contributed by atoms with van der Waals surface area (Å²) in [6.07, 6.45) is 3.22. The van der Waals surface area contributed by atoms with Crippen LogP contribution >= 0.6 is 11.6 Å². The van der Waals surface area contributed by atoms with Crippen molar-refractivity contribution in [2.24, 2.45) is 0 Å². The molecule has 2 heterocycles. The van der Waals surface area contributed by atoms with E-state index in [-0.39, 0.29) is 11.9 Å². The molecule has 24 heavy (non-hydrogen) atoms. The molecule has 1 fully saturated rings. The van der Waals surface area contributed by atoms with Crippen molar-refractivity contribution in [2.75, 3.05) is 32.8 Å². The second-order valence-electron chi connectivity index (χ2n) is 5.67. The maximum atomic E-state index is 12.3. The Morgan fingerprint density at radius 1 is 1.25 bits per heavy atom. The van der Waals surface area contributed by atoms with Gasteiger partial charge in [-0.15, -0.1) is 0 Å². The van der Waals surface area contributed by atoms with Crippen LogP contribution in [0.15, 0.2) is 48.8 Å². The molecule has 1 aromatic heterocycles. The van der Waals surface area contributed by atoms with E-state index >= 15 is 0 Å². The number of nitrogens with zero attached hydrogens (tertiary/aromatic N) is 2. The van der Waals surface area contributed by atoms with Crippen molar-refractivity contribution >= 4 is 17.5 Å². The number of ether oxygens (including phenoxy) is 1. The highest BCUT2D eigenvalue weighted by molar-refractivity contribution is 6.30. The SMILES string of the molecule is O=C(NCC(c1ccc(Cl)cc1)N1CCOCC1)c1cccnc1. The minimum absolute atomic E-state index is 0.0896. The van der Waals surface area contributed by atoms with Gasteiger partial charge >= 0.3 is 0 Å². The maximum Gasteiger partial charge on any atom is 0.252 e. The summed E-state index contributed by atoms with van der Waals surface area (Å²) in [6, 6.07) is 11.4. The molecule has 1 aliphatic rings. The second-order valence-corrected chi connectivity index (χ2v) is 6.10. The van der Waals surface area contributed by atoms with Gasteiger partial charge in [-0.1, -0.05) is 23.7 Å². The molecule has 0 spiro atoms. The minimum atomic E-state index is -0.115. The Morgan fingerprint density at radius 3 is 2.67 bits per heavy atom. The van der Waals surface area contributed by atoms with Crippen molar-refractivity contribution in [3.05, 3.63) is 64.9 Å². The van der Waals surface area contributed by atoms with Gasteiger partial charge in [0, 0.05) is 37.1 Å². The van der Waals surface area contributed by atoms with Crippen LogP contribution in [0.5, 0.6) is 0 Å². The summed E-state index contributed by atoms with van der Waals surface area (Å²) < 4.78 is 5.44. The normalized spacial score (nSPS) is 16.5. The molecule has 0 radical (unpaired) electrons. The molecule has 5 nitrogen and oxygen atoms in total. The highest BCUT2D eigenvalue weighted by atomic mass is 35.5. The lowest BCUT2D eigenvalue weighted by Gasteiger charge is -2.35. The zero-order chi connectivity index (χ0) is 16.8. The number of carbonyl (C=O) groups is 1. The average Bonchev–Trinajstić information content (AvgIpc) is 2.65. The Morgan fingerprint density at radius 2 is 2.00 bits per heavy atom. The van der Waals surface area contributed by atoms with Crippen molar-refractivity contribution in [1.29, 1.82) is 0 Å². The lowest BCUT2D eigenvalue weighted by atomic mass is 10.0. The Bertz CT molecular complexity index is 658. The lowest BCUT2D eigenvalue weighted by Crippen LogP contribution is -2.43. The number of hydrogen-bond donors (Lipinski definition) is 1. The van der Waals surface area contributed by atoms with E-state index in [2.05, 4.69) is 15.2 Å². The number of carbonyl (C=O) groups excluding carboxylic acids is 1. The van der Waals surface area contributed by atoms with Crippen LogP contribution in [0.3, 0.4) is 0 Å². The van der Waals surface area contributed by atoms with Crippen molar-refractivity contribution < 1.29 is 9.53 Å². The number of aromatic nitrogens is 1. The van der Waals surface area contributed by atoms with Crippen LogP contribution in [-0.2, 0) is 4.74 Å². The number of halogens is 1. The molecule has 6 heteroatoms. The molecule has 1 aromatic carbocycles. The van der Waals surface area contributed by atoms with Gasteiger partial charge in [-0.3, -0.25) is 14.7 Å². The van der Waals surface area contributed by atoms with Crippen LogP contribution in [0.4, 0.5) is 0 Å². The maximum absolute atomic E-state index is 12.3. The molecular weight excluding hydrogens is 326 g/mol. The molecule has 1 unspecified atom stereocenters. The van der Waals surface area contributed by atoms with E-state index in [4.69, 9.17) is 16.3 Å². The third-order valence-electron chi connectivity index (χ3n) is 4.12. The van der Waals surface area contributed by atoms with Crippen LogP contribution in [-0.4, -0.2) is 48.6 Å². The van der Waals surface area contributed by atoms with Gasteiger partial charge in [-0.25, -0.2) is 0 Å². The number of nitrogens with one attached hydrogen (secondary N) is 1. The van der Waals surface area contributed by atoms with Gasteiger partial charge in [-0.2, -0.15) is 0 Å². The predicted molar refractivity (Wildman–Crippen MR) is 93.2 cm³/mol. The first kappa shape index (κ1) is 16.9. The minimum Gasteiger partial charge on any atom is -0.379 e. The summed E-state index contributed by atoms with van der Waals surface area (Å²) in [4.78, 5) is 18.6. The summed E-state index contributed by atoms with van der Waals surface area (Å²) in [5.74, 6) is -0.115. The molecule has 1 aliphatic heterocycles. The van der Waals surface area contributed by atoms with E-state index in [0.717, 1.165) is 18.7 Å². The van der Waals surface area contributed by atoms with Crippen molar-refractivity contribution in [3.8, 4) is 0 Å². The zero-order valence-corrected chi connectivity index (χ0v) is 14.1. The standard InChI is InChI=1S/C18H20ClN3O2/c19-16-5-3-14(4-6-16)17(22-8-10-24-11-9-22)13-21-18(23)15-2-1-7-20-12-15/h1-7,12,17H,8-11,13H2,(H,21,23). The van der Waals surface area contributed by atoms with Gasteiger partial charge in [-0.05, 0) is 29.8 Å². The van der Waals surface area contributed by atoms with Crippen LogP contribution in [0, 0.1) is 0 Å². The topological polar surface area (TPSA) is 54.5 Å². The molecule has 1 N–H and O–H groups in total. The fraction of sp³-hybridized carbons (Fsp3) is 0.333. The first-order valence-corrected chi connectivity index (χ1v) is 8.37. The third kappa shape index (κ3) is 4.32. The van der Waals surface area contributed by atoms with E-state index < -0.39 is 0 Å². The molecule has 1 amide bonds. The van der Waals surface area contributed by atoms with E-state index in [0.29, 0.717) is 30.3 Å². The molecule has 3 rings (SSSR count). The van der Waals surface area contributed by atoms with Gasteiger partial charge in [0.05, 0.1) is 24.8 Å². The van der Waals surface area contributed by atoms with Gasteiger partial charge in [0.1, 0.15) is 0 Å². The van der Waals surface area contributed by atoms with Gasteiger partial charge in [0.15, 0.2) is 0 Å². The molecule has 1 saturated heterocycles. The lowest BCUT2D eigenvalue weighted by molar-refractivity contribution is 0.0162. The number of hydrogen-bond acceptors (Lipinski definition) is 4. The fourth-order valence-electron chi connectivity index (χ4n) is 2.82. The first-order chi connectivity index (χ1) is 11.7. The Labute approximate surface area is 146 Å².